The number of carbonyl (C=O) groups is 3. The maximum absolute atomic E-state index is 11.4. The highest BCUT2D eigenvalue weighted by Crippen LogP contribution is 2.32. The molecule has 4 N–H and O–H groups in total. The number of hydrogen-bond acceptors (Lipinski definition) is 6. The number of ether oxygens (including phenoxy) is 2. The van der Waals surface area contributed by atoms with Gasteiger partial charge in [0.1, 0.15) is 0 Å². The van der Waals surface area contributed by atoms with Crippen LogP contribution in [0.5, 0.6) is 11.5 Å². The van der Waals surface area contributed by atoms with Crippen molar-refractivity contribution in [2.75, 3.05) is 6.79 Å². The molecule has 0 aliphatic carbocycles. The van der Waals surface area contributed by atoms with Gasteiger partial charge in [-0.25, -0.2) is 0 Å². The minimum atomic E-state index is 0.00834. The molecule has 254 valence electrons. The summed E-state index contributed by atoms with van der Waals surface area (Å²) < 4.78 is 10.5. The van der Waals surface area contributed by atoms with Gasteiger partial charge in [0, 0.05) is 61.7 Å². The van der Waals surface area contributed by atoms with Gasteiger partial charge in [-0.2, -0.15) is 0 Å². The second-order valence-electron chi connectivity index (χ2n) is 12.7. The van der Waals surface area contributed by atoms with Crippen LogP contribution >= 0.6 is 0 Å². The summed E-state index contributed by atoms with van der Waals surface area (Å²) in [6.07, 6.45) is 4.74. The monoisotopic (exact) mass is 653 g/mol. The van der Waals surface area contributed by atoms with Crippen LogP contribution in [0.1, 0.15) is 63.8 Å². The maximum Gasteiger partial charge on any atom is 0.231 e. The van der Waals surface area contributed by atoms with Crippen molar-refractivity contribution in [3.05, 3.63) is 89.1 Å². The summed E-state index contributed by atoms with van der Waals surface area (Å²) in [5, 5.41) is 9.85. The first-order valence-corrected chi connectivity index (χ1v) is 16.4. The Morgan fingerprint density at radius 3 is 1.85 bits per heavy atom. The Kier molecular flexibility index (Phi) is 12.8. The molecule has 3 aromatic carbocycles. The fourth-order valence-electron chi connectivity index (χ4n) is 4.72. The molecule has 6 rings (SSSR count). The molecule has 1 aromatic heterocycles. The van der Waals surface area contributed by atoms with Crippen molar-refractivity contribution in [2.24, 2.45) is 22.7 Å². The first-order valence-electron chi connectivity index (χ1n) is 16.4. The SMILES string of the molecule is CC(C)C(=O)NCc1ccc2[nH]ccc2c1.CC(C)C(=O)NCc1ccc2c(c1)CC=N2.CC(C)C(=O)NCc1ccc2c(c1)OCO2. The largest absolute Gasteiger partial charge is 0.454 e. The highest BCUT2D eigenvalue weighted by Gasteiger charge is 2.14. The average molecular weight is 654 g/mol. The summed E-state index contributed by atoms with van der Waals surface area (Å²) >= 11 is 0. The number of nitrogens with zero attached hydrogens (tertiary/aromatic N) is 1. The normalized spacial score (nSPS) is 12.3. The van der Waals surface area contributed by atoms with Crippen molar-refractivity contribution in [3.63, 3.8) is 0 Å². The fraction of sp³-hybridized carbons (Fsp3) is 0.368. The second-order valence-corrected chi connectivity index (χ2v) is 12.7. The highest BCUT2D eigenvalue weighted by molar-refractivity contribution is 5.81. The molecular weight excluding hydrogens is 606 g/mol. The molecule has 0 saturated carbocycles. The van der Waals surface area contributed by atoms with Crippen LogP contribution in [-0.4, -0.2) is 35.7 Å². The Morgan fingerprint density at radius 2 is 1.23 bits per heavy atom. The maximum atomic E-state index is 11.4. The first kappa shape index (κ1) is 35.7. The Balaban J connectivity index is 0.000000163. The molecule has 3 heterocycles. The van der Waals surface area contributed by atoms with Crippen molar-refractivity contribution in [1.29, 1.82) is 0 Å². The summed E-state index contributed by atoms with van der Waals surface area (Å²) in [6.45, 7) is 13.3. The van der Waals surface area contributed by atoms with Crippen molar-refractivity contribution >= 4 is 40.5 Å². The predicted octanol–water partition coefficient (Wildman–Crippen LogP) is 6.34. The molecule has 0 fully saturated rings. The van der Waals surface area contributed by atoms with Crippen molar-refractivity contribution < 1.29 is 23.9 Å². The van der Waals surface area contributed by atoms with E-state index in [9.17, 15) is 14.4 Å². The van der Waals surface area contributed by atoms with E-state index in [-0.39, 0.29) is 42.3 Å². The number of hydrogen-bond donors (Lipinski definition) is 4. The topological polar surface area (TPSA) is 134 Å². The van der Waals surface area contributed by atoms with E-state index in [0.29, 0.717) is 19.6 Å². The van der Waals surface area contributed by atoms with E-state index in [1.807, 2.05) is 102 Å². The van der Waals surface area contributed by atoms with Crippen molar-refractivity contribution in [2.45, 2.75) is 67.6 Å². The van der Waals surface area contributed by atoms with Crippen LogP contribution in [0.15, 0.2) is 71.9 Å². The standard InChI is InChI=1S/2C13H16N2O.C12H15NO3/c2*1-9(2)13(16)15-8-10-3-4-12-11(7-10)5-6-14-12;1-8(2)12(14)13-6-9-3-4-10-11(5-9)16-7-15-10/h3-4,6-7,9H,5,8H2,1-2H3,(H,15,16);3-7,9,14H,8H2,1-2H3,(H,15,16);3-5,8H,6-7H2,1-2H3,(H,13,14). The minimum Gasteiger partial charge on any atom is -0.454 e. The molecule has 0 bridgehead atoms. The second kappa shape index (κ2) is 17.2. The predicted molar refractivity (Wildman–Crippen MR) is 189 cm³/mol. The number of amides is 3. The van der Waals surface area contributed by atoms with Crippen LogP contribution in [0.2, 0.25) is 0 Å². The number of aromatic amines is 1. The van der Waals surface area contributed by atoms with Gasteiger partial charge in [0.15, 0.2) is 11.5 Å². The zero-order chi connectivity index (χ0) is 34.6. The number of H-pyrrole nitrogens is 1. The molecule has 0 saturated heterocycles. The van der Waals surface area contributed by atoms with E-state index in [4.69, 9.17) is 9.47 Å². The molecule has 10 heteroatoms. The first-order chi connectivity index (χ1) is 23.0. The van der Waals surface area contributed by atoms with Crippen LogP contribution in [0.3, 0.4) is 0 Å². The molecule has 0 unspecified atom stereocenters. The minimum absolute atomic E-state index is 0.00834. The van der Waals surface area contributed by atoms with Crippen LogP contribution in [0, 0.1) is 17.8 Å². The molecule has 10 nitrogen and oxygen atoms in total. The van der Waals surface area contributed by atoms with E-state index in [1.54, 1.807) is 0 Å². The number of aliphatic imine (C=N–C) groups is 1. The van der Waals surface area contributed by atoms with Gasteiger partial charge in [-0.05, 0) is 64.0 Å². The molecule has 2 aliphatic heterocycles. The molecule has 0 atom stereocenters. The van der Waals surface area contributed by atoms with Gasteiger partial charge in [0.25, 0.3) is 0 Å². The zero-order valence-corrected chi connectivity index (χ0v) is 28.7. The van der Waals surface area contributed by atoms with E-state index in [2.05, 4.69) is 38.1 Å². The Morgan fingerprint density at radius 1 is 0.688 bits per heavy atom. The van der Waals surface area contributed by atoms with Gasteiger partial charge in [-0.1, -0.05) is 65.8 Å². The lowest BCUT2D eigenvalue weighted by molar-refractivity contribution is -0.124. The number of benzene rings is 3. The molecule has 0 spiro atoms. The Hall–Kier alpha value is -5.12. The van der Waals surface area contributed by atoms with Gasteiger partial charge in [0.2, 0.25) is 24.5 Å². The van der Waals surface area contributed by atoms with Crippen LogP contribution in [0.25, 0.3) is 10.9 Å². The molecule has 48 heavy (non-hydrogen) atoms. The van der Waals surface area contributed by atoms with Gasteiger partial charge in [-0.15, -0.1) is 0 Å². The number of fused-ring (bicyclic) bond motifs is 3. The van der Waals surface area contributed by atoms with Gasteiger partial charge in [-0.3, -0.25) is 19.4 Å². The number of carbonyl (C=O) groups excluding carboxylic acids is 3. The van der Waals surface area contributed by atoms with E-state index >= 15 is 0 Å². The molecule has 0 radical (unpaired) electrons. The highest BCUT2D eigenvalue weighted by atomic mass is 16.7. The zero-order valence-electron chi connectivity index (χ0n) is 28.7. The van der Waals surface area contributed by atoms with Crippen LogP contribution < -0.4 is 25.4 Å². The lowest BCUT2D eigenvalue weighted by Crippen LogP contribution is -2.27. The number of aromatic nitrogens is 1. The molecule has 3 amide bonds. The van der Waals surface area contributed by atoms with Crippen LogP contribution in [-0.2, 0) is 40.4 Å². The lowest BCUT2D eigenvalue weighted by atomic mass is 10.1. The van der Waals surface area contributed by atoms with Gasteiger partial charge < -0.3 is 30.4 Å². The third-order valence-corrected chi connectivity index (χ3v) is 7.71. The summed E-state index contributed by atoms with van der Waals surface area (Å²) in [5.74, 6) is 1.83. The summed E-state index contributed by atoms with van der Waals surface area (Å²) in [7, 11) is 0. The summed E-state index contributed by atoms with van der Waals surface area (Å²) in [4.78, 5) is 41.6. The smallest absolute Gasteiger partial charge is 0.231 e. The Bertz CT molecular complexity index is 1710. The molecule has 2 aliphatic rings. The average Bonchev–Trinajstić information content (AvgIpc) is 3.85. The van der Waals surface area contributed by atoms with Crippen molar-refractivity contribution in [3.8, 4) is 11.5 Å². The third-order valence-electron chi connectivity index (χ3n) is 7.71. The quantitative estimate of drug-likeness (QED) is 0.167. The molecule has 4 aromatic rings. The fourth-order valence-corrected chi connectivity index (χ4v) is 4.72. The number of nitrogens with one attached hydrogen (secondary N) is 4. The Labute approximate surface area is 282 Å². The van der Waals surface area contributed by atoms with E-state index < -0.39 is 0 Å². The van der Waals surface area contributed by atoms with E-state index in [0.717, 1.165) is 45.8 Å². The van der Waals surface area contributed by atoms with Gasteiger partial charge in [0.05, 0.1) is 5.69 Å². The lowest BCUT2D eigenvalue weighted by Gasteiger charge is -2.08. The molecular formula is C38H47N5O5. The summed E-state index contributed by atoms with van der Waals surface area (Å²) in [6, 6.07) is 20.0. The number of rotatable bonds is 9. The van der Waals surface area contributed by atoms with Crippen LogP contribution in [0.4, 0.5) is 5.69 Å². The summed E-state index contributed by atoms with van der Waals surface area (Å²) in [5.41, 5.74) is 6.70. The van der Waals surface area contributed by atoms with Crippen molar-refractivity contribution in [1.82, 2.24) is 20.9 Å². The van der Waals surface area contributed by atoms with E-state index in [1.165, 1.54) is 10.9 Å². The van der Waals surface area contributed by atoms with Gasteiger partial charge >= 0.3 is 0 Å². The third kappa shape index (κ3) is 10.4.